The molecule has 0 saturated heterocycles. The van der Waals surface area contributed by atoms with Crippen LogP contribution in [0.4, 0.5) is 0 Å². The highest BCUT2D eigenvalue weighted by Crippen LogP contribution is 2.23. The largest absolute Gasteiger partial charge is 0.487 e. The molecule has 1 atom stereocenters. The smallest absolute Gasteiger partial charge is 0.251 e. The van der Waals surface area contributed by atoms with Gasteiger partial charge in [0.1, 0.15) is 23.8 Å². The van der Waals surface area contributed by atoms with E-state index in [0.29, 0.717) is 30.4 Å². The summed E-state index contributed by atoms with van der Waals surface area (Å²) in [5.74, 6) is 2.16. The normalized spacial score (nSPS) is 11.7. The highest BCUT2D eigenvalue weighted by molar-refractivity contribution is 5.94. The number of hydrogen-bond acceptors (Lipinski definition) is 4. The van der Waals surface area contributed by atoms with Gasteiger partial charge in [0, 0.05) is 17.7 Å². The van der Waals surface area contributed by atoms with Gasteiger partial charge in [-0.25, -0.2) is 4.98 Å². The lowest BCUT2D eigenvalue weighted by Crippen LogP contribution is -2.27. The number of carbonyl (C=O) groups is 1. The molecule has 3 aromatic carbocycles. The average molecular weight is 427 g/mol. The Morgan fingerprint density at radius 1 is 0.969 bits per heavy atom. The van der Waals surface area contributed by atoms with E-state index in [4.69, 9.17) is 9.15 Å². The number of hydrogen-bond donors (Lipinski definition) is 1. The molecule has 4 aromatic rings. The van der Waals surface area contributed by atoms with E-state index in [2.05, 4.69) is 29.4 Å². The summed E-state index contributed by atoms with van der Waals surface area (Å²) in [5, 5.41) is 3.01. The van der Waals surface area contributed by atoms with Crippen LogP contribution in [0.3, 0.4) is 0 Å². The van der Waals surface area contributed by atoms with E-state index in [0.717, 1.165) is 17.0 Å². The molecule has 0 saturated carbocycles. The fourth-order valence-corrected chi connectivity index (χ4v) is 3.37. The van der Waals surface area contributed by atoms with Gasteiger partial charge in [-0.3, -0.25) is 4.79 Å². The zero-order valence-corrected chi connectivity index (χ0v) is 18.2. The summed E-state index contributed by atoms with van der Waals surface area (Å²) in [6.45, 7) is 4.88. The summed E-state index contributed by atoms with van der Waals surface area (Å²) in [5.41, 5.74) is 3.37. The lowest BCUT2D eigenvalue weighted by atomic mass is 10.0. The molecule has 1 heterocycles. The van der Waals surface area contributed by atoms with Gasteiger partial charge >= 0.3 is 0 Å². The number of nitrogens with one attached hydrogen (secondary N) is 1. The third kappa shape index (κ3) is 5.24. The van der Waals surface area contributed by atoms with Gasteiger partial charge in [-0.1, -0.05) is 55.5 Å². The number of aromatic nitrogens is 1. The topological polar surface area (TPSA) is 64.4 Å². The van der Waals surface area contributed by atoms with Crippen molar-refractivity contribution in [1.82, 2.24) is 10.3 Å². The number of carbonyl (C=O) groups excluding carboxylic acids is 1. The Labute approximate surface area is 188 Å². The number of benzene rings is 3. The maximum atomic E-state index is 12.5. The van der Waals surface area contributed by atoms with Crippen LogP contribution in [0.2, 0.25) is 0 Å². The maximum Gasteiger partial charge on any atom is 0.251 e. The van der Waals surface area contributed by atoms with Crippen molar-refractivity contribution in [2.75, 3.05) is 6.54 Å². The van der Waals surface area contributed by atoms with Crippen LogP contribution in [0.25, 0.3) is 11.5 Å². The SMILES string of the molecule is Cc1oc(-c2ccc(C(=O)NC[C@H](C)c3ccccc3)cc2)nc1COc1ccccc1. The van der Waals surface area contributed by atoms with Crippen molar-refractivity contribution < 1.29 is 13.9 Å². The summed E-state index contributed by atoms with van der Waals surface area (Å²) < 4.78 is 11.6. The van der Waals surface area contributed by atoms with Gasteiger partial charge < -0.3 is 14.5 Å². The third-order valence-electron chi connectivity index (χ3n) is 5.34. The van der Waals surface area contributed by atoms with E-state index >= 15 is 0 Å². The molecule has 5 nitrogen and oxygen atoms in total. The zero-order valence-electron chi connectivity index (χ0n) is 18.2. The van der Waals surface area contributed by atoms with Crippen molar-refractivity contribution in [2.24, 2.45) is 0 Å². The molecular formula is C27H26N2O3. The molecule has 1 aromatic heterocycles. The minimum absolute atomic E-state index is 0.0973. The number of aryl methyl sites for hydroxylation is 1. The van der Waals surface area contributed by atoms with Crippen LogP contribution in [-0.4, -0.2) is 17.4 Å². The van der Waals surface area contributed by atoms with Crippen LogP contribution >= 0.6 is 0 Å². The molecule has 1 N–H and O–H groups in total. The van der Waals surface area contributed by atoms with Gasteiger partial charge in [0.2, 0.25) is 5.89 Å². The van der Waals surface area contributed by atoms with Crippen molar-refractivity contribution in [1.29, 1.82) is 0 Å². The summed E-state index contributed by atoms with van der Waals surface area (Å²) >= 11 is 0. The molecule has 0 fully saturated rings. The first kappa shape index (κ1) is 21.4. The van der Waals surface area contributed by atoms with Gasteiger partial charge in [0.25, 0.3) is 5.91 Å². The Morgan fingerprint density at radius 2 is 1.62 bits per heavy atom. The van der Waals surface area contributed by atoms with Gasteiger partial charge in [0.05, 0.1) is 0 Å². The van der Waals surface area contributed by atoms with Crippen molar-refractivity contribution in [3.05, 3.63) is 108 Å². The second-order valence-electron chi connectivity index (χ2n) is 7.72. The molecule has 0 unspecified atom stereocenters. The molecule has 1 amide bonds. The number of para-hydroxylation sites is 1. The first-order valence-corrected chi connectivity index (χ1v) is 10.7. The molecule has 32 heavy (non-hydrogen) atoms. The summed E-state index contributed by atoms with van der Waals surface area (Å²) in [4.78, 5) is 17.1. The standard InChI is InChI=1S/C27H26N2O3/c1-19(21-9-5-3-6-10-21)17-28-26(30)22-13-15-23(16-14-22)27-29-25(20(2)32-27)18-31-24-11-7-4-8-12-24/h3-16,19H,17-18H2,1-2H3,(H,28,30)/t19-/m0/s1. The minimum atomic E-state index is -0.0973. The van der Waals surface area contributed by atoms with E-state index in [9.17, 15) is 4.79 Å². The molecule has 0 aliphatic rings. The van der Waals surface area contributed by atoms with Gasteiger partial charge in [-0.15, -0.1) is 0 Å². The van der Waals surface area contributed by atoms with Crippen LogP contribution in [0.5, 0.6) is 5.75 Å². The van der Waals surface area contributed by atoms with Crippen LogP contribution in [-0.2, 0) is 6.61 Å². The highest BCUT2D eigenvalue weighted by Gasteiger charge is 2.14. The number of ether oxygens (including phenoxy) is 1. The lowest BCUT2D eigenvalue weighted by Gasteiger charge is -2.13. The quantitative estimate of drug-likeness (QED) is 0.389. The molecule has 5 heteroatoms. The first-order chi connectivity index (χ1) is 15.6. The molecular weight excluding hydrogens is 400 g/mol. The second kappa shape index (κ2) is 9.96. The van der Waals surface area contributed by atoms with Crippen LogP contribution in [0.1, 0.15) is 40.2 Å². The Hall–Kier alpha value is -3.86. The predicted octanol–water partition coefficient (Wildman–Crippen LogP) is 5.76. The number of nitrogens with zero attached hydrogens (tertiary/aromatic N) is 1. The van der Waals surface area contributed by atoms with Crippen molar-refractivity contribution in [2.45, 2.75) is 26.4 Å². The second-order valence-corrected chi connectivity index (χ2v) is 7.72. The average Bonchev–Trinajstić information content (AvgIpc) is 3.22. The Bertz CT molecular complexity index is 1150. The van der Waals surface area contributed by atoms with Crippen LogP contribution in [0.15, 0.2) is 89.3 Å². The van der Waals surface area contributed by atoms with Crippen LogP contribution < -0.4 is 10.1 Å². The molecule has 162 valence electrons. The van der Waals surface area contributed by atoms with Crippen molar-refractivity contribution in [3.63, 3.8) is 0 Å². The molecule has 0 bridgehead atoms. The zero-order chi connectivity index (χ0) is 22.3. The summed E-state index contributed by atoms with van der Waals surface area (Å²) in [6.07, 6.45) is 0. The number of amides is 1. The molecule has 0 aliphatic heterocycles. The van der Waals surface area contributed by atoms with E-state index in [-0.39, 0.29) is 11.8 Å². The van der Waals surface area contributed by atoms with E-state index in [1.807, 2.05) is 67.6 Å². The Balaban J connectivity index is 1.36. The molecule has 0 aliphatic carbocycles. The van der Waals surface area contributed by atoms with Gasteiger partial charge in [0.15, 0.2) is 0 Å². The third-order valence-corrected chi connectivity index (χ3v) is 5.34. The fraction of sp³-hybridized carbons (Fsp3) is 0.185. The molecule has 0 radical (unpaired) electrons. The summed E-state index contributed by atoms with van der Waals surface area (Å²) in [7, 11) is 0. The minimum Gasteiger partial charge on any atom is -0.487 e. The van der Waals surface area contributed by atoms with E-state index in [1.165, 1.54) is 5.56 Å². The Kier molecular flexibility index (Phi) is 6.66. The predicted molar refractivity (Wildman–Crippen MR) is 125 cm³/mol. The molecule has 0 spiro atoms. The first-order valence-electron chi connectivity index (χ1n) is 10.7. The van der Waals surface area contributed by atoms with E-state index < -0.39 is 0 Å². The number of rotatable bonds is 8. The van der Waals surface area contributed by atoms with Gasteiger partial charge in [-0.05, 0) is 54.8 Å². The van der Waals surface area contributed by atoms with E-state index in [1.54, 1.807) is 12.1 Å². The summed E-state index contributed by atoms with van der Waals surface area (Å²) in [6, 6.07) is 27.0. The highest BCUT2D eigenvalue weighted by atomic mass is 16.5. The monoisotopic (exact) mass is 426 g/mol. The van der Waals surface area contributed by atoms with Crippen LogP contribution in [0, 0.1) is 6.92 Å². The van der Waals surface area contributed by atoms with Crippen molar-refractivity contribution in [3.8, 4) is 17.2 Å². The maximum absolute atomic E-state index is 12.5. The Morgan fingerprint density at radius 3 is 2.31 bits per heavy atom. The fourth-order valence-electron chi connectivity index (χ4n) is 3.37. The lowest BCUT2D eigenvalue weighted by molar-refractivity contribution is 0.0951. The number of oxazole rings is 1. The molecule has 4 rings (SSSR count). The van der Waals surface area contributed by atoms with Gasteiger partial charge in [-0.2, -0.15) is 0 Å². The van der Waals surface area contributed by atoms with Crippen molar-refractivity contribution >= 4 is 5.91 Å².